The maximum atomic E-state index is 2.41. The fourth-order valence-corrected chi connectivity index (χ4v) is 7.66. The first-order chi connectivity index (χ1) is 14.3. The fourth-order valence-electron chi connectivity index (χ4n) is 4.62. The Hall–Kier alpha value is -2.46. The van der Waals surface area contributed by atoms with E-state index in [2.05, 4.69) is 71.4 Å². The van der Waals surface area contributed by atoms with Crippen molar-refractivity contribution in [3.63, 3.8) is 0 Å². The predicted octanol–water partition coefficient (Wildman–Crippen LogP) is 8.76. The number of rotatable bonds is 3. The Morgan fingerprint density at radius 2 is 1.34 bits per heavy atom. The second kappa shape index (κ2) is 6.02. The molecule has 3 heteroatoms. The van der Waals surface area contributed by atoms with Gasteiger partial charge in [0.15, 0.2) is 0 Å². The lowest BCUT2D eigenvalue weighted by atomic mass is 9.79. The van der Waals surface area contributed by atoms with Gasteiger partial charge in [-0.3, -0.25) is 0 Å². The van der Waals surface area contributed by atoms with Crippen LogP contribution >= 0.6 is 34.0 Å². The van der Waals surface area contributed by atoms with Gasteiger partial charge < -0.3 is 0 Å². The number of hydrogen-bond acceptors (Lipinski definition) is 3. The third-order valence-electron chi connectivity index (χ3n) is 6.08. The summed E-state index contributed by atoms with van der Waals surface area (Å²) in [6.45, 7) is 0. The molecule has 0 unspecified atom stereocenters. The fraction of sp³-hybridized carbons (Fsp3) is 0.0769. The van der Waals surface area contributed by atoms with Crippen molar-refractivity contribution in [3.05, 3.63) is 81.9 Å². The van der Waals surface area contributed by atoms with Crippen molar-refractivity contribution in [2.24, 2.45) is 0 Å². The standard InChI is InChI=1S/C26H16S3/c1-3-16-9-11-27-22(16)13-15(1)2-6-19-14-18-5-8-21-23-20(24(21)26(18)29-19)7-4-17-10-12-28-25(17)23/h1,3-5,7-14H,2,6H2. The minimum Gasteiger partial charge on any atom is -0.144 e. The zero-order valence-corrected chi connectivity index (χ0v) is 18.0. The zero-order chi connectivity index (χ0) is 18.9. The SMILES string of the molecule is c1cc2ccc(CCc3cc4ccc5c(c4s3)-c3ccc4ccsc4c3-5)cc2s1. The Balaban J connectivity index is 1.25. The van der Waals surface area contributed by atoms with Gasteiger partial charge in [0.25, 0.3) is 0 Å². The quantitative estimate of drug-likeness (QED) is 0.266. The lowest BCUT2D eigenvalue weighted by Crippen LogP contribution is -1.98. The molecule has 1 aliphatic rings. The first kappa shape index (κ1) is 16.3. The summed E-state index contributed by atoms with van der Waals surface area (Å²) in [5.41, 5.74) is 7.27. The van der Waals surface area contributed by atoms with E-state index in [0.717, 1.165) is 12.8 Å². The number of thiophene rings is 3. The van der Waals surface area contributed by atoms with Crippen molar-refractivity contribution in [1.29, 1.82) is 0 Å². The zero-order valence-electron chi connectivity index (χ0n) is 15.6. The van der Waals surface area contributed by atoms with Crippen molar-refractivity contribution in [2.75, 3.05) is 0 Å². The molecule has 0 spiro atoms. The predicted molar refractivity (Wildman–Crippen MR) is 131 cm³/mol. The molecule has 0 saturated heterocycles. The molecule has 0 N–H and O–H groups in total. The van der Waals surface area contributed by atoms with Crippen LogP contribution in [0.3, 0.4) is 0 Å². The van der Waals surface area contributed by atoms with Gasteiger partial charge in [-0.1, -0.05) is 36.4 Å². The largest absolute Gasteiger partial charge is 0.144 e. The van der Waals surface area contributed by atoms with Crippen molar-refractivity contribution < 1.29 is 0 Å². The van der Waals surface area contributed by atoms with Crippen LogP contribution in [0.4, 0.5) is 0 Å². The van der Waals surface area contributed by atoms with Crippen LogP contribution in [0.15, 0.2) is 71.4 Å². The normalized spacial score (nSPS) is 12.4. The molecule has 3 aromatic carbocycles. The van der Waals surface area contributed by atoms with Crippen LogP contribution in [-0.2, 0) is 12.8 Å². The third kappa shape index (κ3) is 2.35. The maximum absolute atomic E-state index is 2.41. The van der Waals surface area contributed by atoms with Crippen LogP contribution in [0, 0.1) is 0 Å². The molecule has 0 saturated carbocycles. The topological polar surface area (TPSA) is 0 Å². The van der Waals surface area contributed by atoms with Crippen molar-refractivity contribution in [2.45, 2.75) is 12.8 Å². The first-order valence-electron chi connectivity index (χ1n) is 9.88. The van der Waals surface area contributed by atoms with Gasteiger partial charge in [-0.15, -0.1) is 34.0 Å². The number of benzene rings is 3. The third-order valence-corrected chi connectivity index (χ3v) is 9.13. The summed E-state index contributed by atoms with van der Waals surface area (Å²) < 4.78 is 4.31. The molecule has 138 valence electrons. The molecule has 3 aromatic heterocycles. The van der Waals surface area contributed by atoms with Gasteiger partial charge >= 0.3 is 0 Å². The van der Waals surface area contributed by atoms with Crippen LogP contribution in [0.25, 0.3) is 52.5 Å². The van der Waals surface area contributed by atoms with Crippen molar-refractivity contribution >= 4 is 64.3 Å². The van der Waals surface area contributed by atoms with Crippen LogP contribution in [-0.4, -0.2) is 0 Å². The monoisotopic (exact) mass is 424 g/mol. The van der Waals surface area contributed by atoms with Crippen molar-refractivity contribution in [1.82, 2.24) is 0 Å². The Labute approximate surface area is 180 Å². The van der Waals surface area contributed by atoms with E-state index in [-0.39, 0.29) is 0 Å². The van der Waals surface area contributed by atoms with Gasteiger partial charge in [0.2, 0.25) is 0 Å². The molecular weight excluding hydrogens is 408 g/mol. The van der Waals surface area contributed by atoms with E-state index < -0.39 is 0 Å². The van der Waals surface area contributed by atoms with Gasteiger partial charge in [0.1, 0.15) is 0 Å². The Kier molecular flexibility index (Phi) is 3.39. The van der Waals surface area contributed by atoms with E-state index in [1.54, 1.807) is 0 Å². The molecule has 29 heavy (non-hydrogen) atoms. The average Bonchev–Trinajstić information content (AvgIpc) is 3.46. The Morgan fingerprint density at radius 3 is 2.28 bits per heavy atom. The van der Waals surface area contributed by atoms with Gasteiger partial charge in [-0.05, 0) is 80.7 Å². The number of fused-ring (bicyclic) bond motifs is 9. The first-order valence-corrected chi connectivity index (χ1v) is 12.5. The van der Waals surface area contributed by atoms with E-state index in [0.29, 0.717) is 0 Å². The summed E-state index contributed by atoms with van der Waals surface area (Å²) in [6.07, 6.45) is 2.22. The molecule has 0 nitrogen and oxygen atoms in total. The molecule has 0 radical (unpaired) electrons. The van der Waals surface area contributed by atoms with Crippen LogP contribution in [0.2, 0.25) is 0 Å². The molecule has 3 heterocycles. The summed E-state index contributed by atoms with van der Waals surface area (Å²) in [6, 6.07) is 23.0. The molecule has 0 atom stereocenters. The highest BCUT2D eigenvalue weighted by Gasteiger charge is 2.28. The highest BCUT2D eigenvalue weighted by Crippen LogP contribution is 2.55. The summed E-state index contributed by atoms with van der Waals surface area (Å²) in [5.74, 6) is 0. The summed E-state index contributed by atoms with van der Waals surface area (Å²) in [7, 11) is 0. The molecule has 0 aliphatic heterocycles. The molecule has 7 rings (SSSR count). The van der Waals surface area contributed by atoms with Crippen molar-refractivity contribution in [3.8, 4) is 22.3 Å². The van der Waals surface area contributed by atoms with Gasteiger partial charge in [-0.25, -0.2) is 0 Å². The van der Waals surface area contributed by atoms with Crippen LogP contribution in [0.5, 0.6) is 0 Å². The minimum absolute atomic E-state index is 1.11. The Bertz CT molecular complexity index is 1560. The molecule has 1 aliphatic carbocycles. The second-order valence-electron chi connectivity index (χ2n) is 7.74. The molecule has 0 bridgehead atoms. The number of hydrogen-bond donors (Lipinski definition) is 0. The van der Waals surface area contributed by atoms with E-state index in [1.165, 1.54) is 63.0 Å². The summed E-state index contributed by atoms with van der Waals surface area (Å²) in [5, 5.41) is 8.51. The molecule has 0 amide bonds. The second-order valence-corrected chi connectivity index (χ2v) is 10.7. The smallest absolute Gasteiger partial charge is 0.0430 e. The number of aryl methyl sites for hydroxylation is 2. The molecule has 0 fully saturated rings. The average molecular weight is 425 g/mol. The van der Waals surface area contributed by atoms with Crippen LogP contribution < -0.4 is 0 Å². The lowest BCUT2D eigenvalue weighted by Gasteiger charge is -2.25. The molecule has 6 aromatic rings. The van der Waals surface area contributed by atoms with Gasteiger partial charge in [-0.2, -0.15) is 0 Å². The van der Waals surface area contributed by atoms with Gasteiger partial charge in [0.05, 0.1) is 0 Å². The molecular formula is C26H16S3. The van der Waals surface area contributed by atoms with E-state index in [4.69, 9.17) is 0 Å². The highest BCUT2D eigenvalue weighted by molar-refractivity contribution is 7.20. The summed E-state index contributed by atoms with van der Waals surface area (Å²) >= 11 is 5.69. The lowest BCUT2D eigenvalue weighted by molar-refractivity contribution is 0.985. The summed E-state index contributed by atoms with van der Waals surface area (Å²) in [4.78, 5) is 1.49. The van der Waals surface area contributed by atoms with E-state index in [9.17, 15) is 0 Å². The van der Waals surface area contributed by atoms with Gasteiger partial charge in [0, 0.05) is 30.1 Å². The van der Waals surface area contributed by atoms with E-state index >= 15 is 0 Å². The highest BCUT2D eigenvalue weighted by atomic mass is 32.1. The van der Waals surface area contributed by atoms with Crippen LogP contribution in [0.1, 0.15) is 10.4 Å². The maximum Gasteiger partial charge on any atom is 0.0430 e. The minimum atomic E-state index is 1.11. The Morgan fingerprint density at radius 1 is 0.586 bits per heavy atom. The van der Waals surface area contributed by atoms with E-state index in [1.807, 2.05) is 34.0 Å².